The first-order valence-corrected chi connectivity index (χ1v) is 7.12. The van der Waals surface area contributed by atoms with Gasteiger partial charge < -0.3 is 15.0 Å². The molecule has 5 nitrogen and oxygen atoms in total. The summed E-state index contributed by atoms with van der Waals surface area (Å²) in [6.07, 6.45) is 3.56. The van der Waals surface area contributed by atoms with E-state index in [2.05, 4.69) is 40.1 Å². The van der Waals surface area contributed by atoms with E-state index < -0.39 is 0 Å². The van der Waals surface area contributed by atoms with Gasteiger partial charge in [0.25, 0.3) is 0 Å². The Hall–Kier alpha value is -1.36. The Balaban J connectivity index is 2.22. The van der Waals surface area contributed by atoms with Gasteiger partial charge in [0.1, 0.15) is 18.2 Å². The summed E-state index contributed by atoms with van der Waals surface area (Å²) in [4.78, 5) is 11.5. The predicted molar refractivity (Wildman–Crippen MR) is 77.6 cm³/mol. The molecule has 1 saturated heterocycles. The molecular weight excluding hydrogens is 240 g/mol. The molecular formula is C14H24N4O. The highest BCUT2D eigenvalue weighted by Gasteiger charge is 2.22. The second-order valence-electron chi connectivity index (χ2n) is 5.07. The first-order valence-electron chi connectivity index (χ1n) is 7.12. The van der Waals surface area contributed by atoms with Crippen LogP contribution in [0.3, 0.4) is 0 Å². The molecule has 1 fully saturated rings. The lowest BCUT2D eigenvalue weighted by Crippen LogP contribution is -2.28. The third-order valence-electron chi connectivity index (χ3n) is 3.44. The topological polar surface area (TPSA) is 50.3 Å². The molecule has 106 valence electrons. The SMILES string of the molecule is CCCNc1cc(N2CCCC2C)nc(COC)n1. The van der Waals surface area contributed by atoms with E-state index in [9.17, 15) is 0 Å². The molecule has 1 N–H and O–H groups in total. The van der Waals surface area contributed by atoms with E-state index in [4.69, 9.17) is 4.74 Å². The van der Waals surface area contributed by atoms with E-state index in [1.165, 1.54) is 12.8 Å². The van der Waals surface area contributed by atoms with Crippen LogP contribution in [0.5, 0.6) is 0 Å². The quantitative estimate of drug-likeness (QED) is 0.855. The molecule has 19 heavy (non-hydrogen) atoms. The van der Waals surface area contributed by atoms with Gasteiger partial charge in [0.05, 0.1) is 0 Å². The number of rotatable bonds is 6. The van der Waals surface area contributed by atoms with Gasteiger partial charge in [-0.3, -0.25) is 0 Å². The lowest BCUT2D eigenvalue weighted by molar-refractivity contribution is 0.178. The monoisotopic (exact) mass is 264 g/mol. The Kier molecular flexibility index (Phi) is 4.96. The molecule has 5 heteroatoms. The Labute approximate surface area is 115 Å². The number of aromatic nitrogens is 2. The third kappa shape index (κ3) is 3.56. The number of nitrogens with zero attached hydrogens (tertiary/aromatic N) is 3. The van der Waals surface area contributed by atoms with Gasteiger partial charge in [-0.25, -0.2) is 9.97 Å². The lowest BCUT2D eigenvalue weighted by atomic mass is 10.2. The summed E-state index contributed by atoms with van der Waals surface area (Å²) in [6, 6.07) is 2.61. The fourth-order valence-electron chi connectivity index (χ4n) is 2.44. The van der Waals surface area contributed by atoms with Crippen LogP contribution in [0.2, 0.25) is 0 Å². The van der Waals surface area contributed by atoms with Gasteiger partial charge in [-0.2, -0.15) is 0 Å². The van der Waals surface area contributed by atoms with Crippen LogP contribution in [0.15, 0.2) is 6.07 Å². The number of hydrogen-bond donors (Lipinski definition) is 1. The van der Waals surface area contributed by atoms with Crippen LogP contribution in [-0.2, 0) is 11.3 Å². The zero-order valence-electron chi connectivity index (χ0n) is 12.1. The third-order valence-corrected chi connectivity index (χ3v) is 3.44. The van der Waals surface area contributed by atoms with Crippen LogP contribution in [0, 0.1) is 0 Å². The summed E-state index contributed by atoms with van der Waals surface area (Å²) < 4.78 is 5.16. The van der Waals surface area contributed by atoms with E-state index in [0.717, 1.165) is 37.0 Å². The van der Waals surface area contributed by atoms with Crippen LogP contribution in [0.4, 0.5) is 11.6 Å². The summed E-state index contributed by atoms with van der Waals surface area (Å²) in [7, 11) is 1.67. The van der Waals surface area contributed by atoms with Crippen LogP contribution in [-0.4, -0.2) is 36.2 Å². The predicted octanol–water partition coefficient (Wildman–Crippen LogP) is 2.43. The molecule has 1 aliphatic rings. The van der Waals surface area contributed by atoms with Crippen LogP contribution in [0.1, 0.15) is 38.9 Å². The Morgan fingerprint density at radius 2 is 2.32 bits per heavy atom. The van der Waals surface area contributed by atoms with Crippen molar-refractivity contribution in [1.29, 1.82) is 0 Å². The van der Waals surface area contributed by atoms with Gasteiger partial charge in [-0.1, -0.05) is 6.92 Å². The van der Waals surface area contributed by atoms with E-state index in [-0.39, 0.29) is 0 Å². The molecule has 0 amide bonds. The number of anilines is 2. The highest BCUT2D eigenvalue weighted by molar-refractivity contribution is 5.50. The molecule has 0 bridgehead atoms. The standard InChI is InChI=1S/C14H24N4O/c1-4-7-15-12-9-14(17-13(16-12)10-19-3)18-8-5-6-11(18)2/h9,11H,4-8,10H2,1-3H3,(H,15,16,17). The smallest absolute Gasteiger partial charge is 0.158 e. The number of nitrogens with one attached hydrogen (secondary N) is 1. The van der Waals surface area contributed by atoms with Crippen LogP contribution >= 0.6 is 0 Å². The van der Waals surface area contributed by atoms with Crippen LogP contribution in [0.25, 0.3) is 0 Å². The van der Waals surface area contributed by atoms with Crippen LogP contribution < -0.4 is 10.2 Å². The fraction of sp³-hybridized carbons (Fsp3) is 0.714. The minimum absolute atomic E-state index is 0.455. The minimum Gasteiger partial charge on any atom is -0.377 e. The molecule has 0 radical (unpaired) electrons. The van der Waals surface area contributed by atoms with Gasteiger partial charge >= 0.3 is 0 Å². The van der Waals surface area contributed by atoms with Crippen molar-refractivity contribution in [3.8, 4) is 0 Å². The van der Waals surface area contributed by atoms with Crippen molar-refractivity contribution in [1.82, 2.24) is 9.97 Å². The largest absolute Gasteiger partial charge is 0.377 e. The van der Waals surface area contributed by atoms with E-state index >= 15 is 0 Å². The first-order chi connectivity index (χ1) is 9.24. The molecule has 0 aromatic carbocycles. The number of hydrogen-bond acceptors (Lipinski definition) is 5. The van der Waals surface area contributed by atoms with Crippen molar-refractivity contribution in [2.75, 3.05) is 30.4 Å². The van der Waals surface area contributed by atoms with Crippen molar-refractivity contribution in [3.05, 3.63) is 11.9 Å². The van der Waals surface area contributed by atoms with Gasteiger partial charge in [-0.05, 0) is 26.2 Å². The summed E-state index contributed by atoms with van der Waals surface area (Å²) >= 11 is 0. The Morgan fingerprint density at radius 3 is 2.95 bits per heavy atom. The van der Waals surface area contributed by atoms with Crippen molar-refractivity contribution >= 4 is 11.6 Å². The molecule has 0 aliphatic carbocycles. The molecule has 1 aromatic heterocycles. The molecule has 0 saturated carbocycles. The molecule has 0 spiro atoms. The van der Waals surface area contributed by atoms with Gasteiger partial charge in [-0.15, -0.1) is 0 Å². The highest BCUT2D eigenvalue weighted by atomic mass is 16.5. The number of methoxy groups -OCH3 is 1. The van der Waals surface area contributed by atoms with Gasteiger partial charge in [0.15, 0.2) is 5.82 Å². The zero-order chi connectivity index (χ0) is 13.7. The molecule has 1 unspecified atom stereocenters. The summed E-state index contributed by atoms with van der Waals surface area (Å²) in [5.41, 5.74) is 0. The molecule has 2 heterocycles. The van der Waals surface area contributed by atoms with Crippen molar-refractivity contribution in [2.24, 2.45) is 0 Å². The second kappa shape index (κ2) is 6.70. The first kappa shape index (κ1) is 14.1. The van der Waals surface area contributed by atoms with E-state index in [1.807, 2.05) is 0 Å². The average molecular weight is 264 g/mol. The normalized spacial score (nSPS) is 18.9. The van der Waals surface area contributed by atoms with Crippen molar-refractivity contribution in [2.45, 2.75) is 45.8 Å². The van der Waals surface area contributed by atoms with E-state index in [0.29, 0.717) is 12.6 Å². The molecule has 1 aliphatic heterocycles. The highest BCUT2D eigenvalue weighted by Crippen LogP contribution is 2.25. The van der Waals surface area contributed by atoms with Crippen molar-refractivity contribution < 1.29 is 4.74 Å². The van der Waals surface area contributed by atoms with E-state index in [1.54, 1.807) is 7.11 Å². The Morgan fingerprint density at radius 1 is 1.47 bits per heavy atom. The molecule has 2 rings (SSSR count). The maximum Gasteiger partial charge on any atom is 0.158 e. The zero-order valence-corrected chi connectivity index (χ0v) is 12.1. The fourth-order valence-corrected chi connectivity index (χ4v) is 2.44. The number of ether oxygens (including phenoxy) is 1. The van der Waals surface area contributed by atoms with Crippen molar-refractivity contribution in [3.63, 3.8) is 0 Å². The Bertz CT molecular complexity index is 410. The molecule has 1 atom stereocenters. The summed E-state index contributed by atoms with van der Waals surface area (Å²) in [5.74, 6) is 2.67. The van der Waals surface area contributed by atoms with Gasteiger partial charge in [0, 0.05) is 32.3 Å². The minimum atomic E-state index is 0.455. The second-order valence-corrected chi connectivity index (χ2v) is 5.07. The average Bonchev–Trinajstić information content (AvgIpc) is 2.83. The summed E-state index contributed by atoms with van der Waals surface area (Å²) in [6.45, 7) is 6.87. The maximum absolute atomic E-state index is 5.16. The maximum atomic E-state index is 5.16. The molecule has 1 aromatic rings. The summed E-state index contributed by atoms with van der Waals surface area (Å²) in [5, 5.41) is 3.34. The van der Waals surface area contributed by atoms with Gasteiger partial charge in [0.2, 0.25) is 0 Å². The lowest BCUT2D eigenvalue weighted by Gasteiger charge is -2.23.